The number of methoxy groups -OCH3 is 1. The minimum Gasteiger partial charge on any atom is -0.495 e. The van der Waals surface area contributed by atoms with Crippen molar-refractivity contribution in [2.24, 2.45) is 0 Å². The minimum absolute atomic E-state index is 0.0306. The summed E-state index contributed by atoms with van der Waals surface area (Å²) in [7, 11) is -2.52. The quantitative estimate of drug-likeness (QED) is 0.580. The molecule has 0 heterocycles. The number of nitrogens with zero attached hydrogens (tertiary/aromatic N) is 1. The van der Waals surface area contributed by atoms with Crippen LogP contribution in [-0.4, -0.2) is 20.5 Å². The van der Waals surface area contributed by atoms with Gasteiger partial charge in [0, 0.05) is 12.1 Å². The molecule has 2 aromatic rings. The molecule has 1 saturated carbocycles. The van der Waals surface area contributed by atoms with Crippen molar-refractivity contribution >= 4 is 21.4 Å². The van der Waals surface area contributed by atoms with Gasteiger partial charge in [0.1, 0.15) is 5.75 Å². The highest BCUT2D eigenvalue weighted by atomic mass is 32.2. The Bertz CT molecular complexity index is 920. The monoisotopic (exact) mass is 390 g/mol. The number of nitrogens with one attached hydrogen (secondary N) is 1. The normalized spacial score (nSPS) is 15.3. The lowest BCUT2D eigenvalue weighted by molar-refractivity contribution is -0.384. The second-order valence-electron chi connectivity index (χ2n) is 6.65. The van der Waals surface area contributed by atoms with Gasteiger partial charge in [-0.25, -0.2) is 8.42 Å². The molecule has 1 N–H and O–H groups in total. The molecule has 3 rings (SSSR count). The Morgan fingerprint density at radius 1 is 1.07 bits per heavy atom. The van der Waals surface area contributed by atoms with E-state index < -0.39 is 14.9 Å². The number of hydrogen-bond acceptors (Lipinski definition) is 5. The largest absolute Gasteiger partial charge is 0.495 e. The SMILES string of the molecule is COc1ccc([N+](=O)[O-])cc1NS(=O)(=O)c1ccc(C2CCCCC2)cc1. The number of rotatable bonds is 6. The molecule has 0 saturated heterocycles. The van der Waals surface area contributed by atoms with E-state index in [0.717, 1.165) is 24.5 Å². The van der Waals surface area contributed by atoms with Crippen molar-refractivity contribution in [2.75, 3.05) is 11.8 Å². The molecular weight excluding hydrogens is 368 g/mol. The first-order valence-corrected chi connectivity index (χ1v) is 10.3. The maximum atomic E-state index is 12.7. The third-order valence-corrected chi connectivity index (χ3v) is 6.29. The molecule has 0 amide bonds. The zero-order valence-electron chi connectivity index (χ0n) is 15.1. The van der Waals surface area contributed by atoms with Crippen LogP contribution < -0.4 is 9.46 Å². The van der Waals surface area contributed by atoms with Gasteiger partial charge in [0.05, 0.1) is 22.6 Å². The highest BCUT2D eigenvalue weighted by molar-refractivity contribution is 7.92. The molecule has 27 heavy (non-hydrogen) atoms. The van der Waals surface area contributed by atoms with Crippen LogP contribution in [0.15, 0.2) is 47.4 Å². The summed E-state index contributed by atoms with van der Waals surface area (Å²) >= 11 is 0. The number of ether oxygens (including phenoxy) is 1. The number of nitro groups is 1. The van der Waals surface area contributed by atoms with Crippen LogP contribution in [0.3, 0.4) is 0 Å². The Kier molecular flexibility index (Phi) is 5.65. The van der Waals surface area contributed by atoms with Crippen LogP contribution in [0.4, 0.5) is 11.4 Å². The average Bonchev–Trinajstić information content (AvgIpc) is 2.68. The van der Waals surface area contributed by atoms with Crippen molar-refractivity contribution in [3.8, 4) is 5.75 Å². The first-order chi connectivity index (χ1) is 12.9. The lowest BCUT2D eigenvalue weighted by Crippen LogP contribution is -2.14. The Labute approximate surface area is 158 Å². The molecule has 1 fully saturated rings. The zero-order chi connectivity index (χ0) is 19.4. The topological polar surface area (TPSA) is 98.5 Å². The number of non-ortho nitro benzene ring substituents is 1. The fourth-order valence-electron chi connectivity index (χ4n) is 3.45. The maximum absolute atomic E-state index is 12.7. The summed E-state index contributed by atoms with van der Waals surface area (Å²) in [4.78, 5) is 10.5. The molecule has 0 aliphatic heterocycles. The van der Waals surface area contributed by atoms with E-state index >= 15 is 0 Å². The van der Waals surface area contributed by atoms with Gasteiger partial charge in [-0.05, 0) is 42.5 Å². The molecule has 0 aromatic heterocycles. The molecule has 2 aromatic carbocycles. The minimum atomic E-state index is -3.89. The summed E-state index contributed by atoms with van der Waals surface area (Å²) in [5.74, 6) is 0.698. The van der Waals surface area contributed by atoms with Gasteiger partial charge in [-0.2, -0.15) is 0 Å². The van der Waals surface area contributed by atoms with E-state index in [9.17, 15) is 18.5 Å². The molecule has 8 heteroatoms. The smallest absolute Gasteiger partial charge is 0.271 e. The first-order valence-electron chi connectivity index (χ1n) is 8.86. The van der Waals surface area contributed by atoms with Crippen molar-refractivity contribution in [3.05, 3.63) is 58.1 Å². The van der Waals surface area contributed by atoms with E-state index in [0.29, 0.717) is 5.92 Å². The molecule has 7 nitrogen and oxygen atoms in total. The average molecular weight is 390 g/mol. The Hall–Kier alpha value is -2.61. The fraction of sp³-hybridized carbons (Fsp3) is 0.368. The maximum Gasteiger partial charge on any atom is 0.271 e. The van der Waals surface area contributed by atoms with Crippen LogP contribution in [0.2, 0.25) is 0 Å². The lowest BCUT2D eigenvalue weighted by atomic mass is 9.84. The standard InChI is InChI=1S/C19H22N2O5S/c1-26-19-12-9-16(21(22)23)13-18(19)20-27(24,25)17-10-7-15(8-11-17)14-5-3-2-4-6-14/h7-14,20H,2-6H2,1H3. The Morgan fingerprint density at radius 3 is 2.33 bits per heavy atom. The van der Waals surface area contributed by atoms with E-state index in [1.165, 1.54) is 38.5 Å². The van der Waals surface area contributed by atoms with Gasteiger partial charge in [0.25, 0.3) is 15.7 Å². The molecule has 0 radical (unpaired) electrons. The van der Waals surface area contributed by atoms with Crippen molar-refractivity contribution in [3.63, 3.8) is 0 Å². The molecule has 144 valence electrons. The van der Waals surface area contributed by atoms with Gasteiger partial charge in [0.2, 0.25) is 0 Å². The van der Waals surface area contributed by atoms with Crippen LogP contribution in [0, 0.1) is 10.1 Å². The highest BCUT2D eigenvalue weighted by Gasteiger charge is 2.21. The Morgan fingerprint density at radius 2 is 1.74 bits per heavy atom. The van der Waals surface area contributed by atoms with Gasteiger partial charge in [0.15, 0.2) is 0 Å². The summed E-state index contributed by atoms with van der Waals surface area (Å²) in [6, 6.07) is 10.6. The molecule has 1 aliphatic carbocycles. The number of benzene rings is 2. The van der Waals surface area contributed by atoms with E-state index in [2.05, 4.69) is 4.72 Å². The molecule has 0 spiro atoms. The Balaban J connectivity index is 1.84. The summed E-state index contributed by atoms with van der Waals surface area (Å²) in [6.45, 7) is 0. The van der Waals surface area contributed by atoms with Crippen molar-refractivity contribution < 1.29 is 18.1 Å². The van der Waals surface area contributed by atoms with Crippen LogP contribution in [-0.2, 0) is 10.0 Å². The summed E-state index contributed by atoms with van der Waals surface area (Å²) in [5.41, 5.74) is 0.964. The second kappa shape index (κ2) is 7.96. The van der Waals surface area contributed by atoms with Crippen molar-refractivity contribution in [2.45, 2.75) is 42.9 Å². The molecule has 1 aliphatic rings. The lowest BCUT2D eigenvalue weighted by Gasteiger charge is -2.22. The zero-order valence-corrected chi connectivity index (χ0v) is 15.9. The summed E-state index contributed by atoms with van der Waals surface area (Å²) < 4.78 is 32.9. The van der Waals surface area contributed by atoms with E-state index in [1.807, 2.05) is 12.1 Å². The molecule has 0 unspecified atom stereocenters. The molecule has 0 bridgehead atoms. The summed E-state index contributed by atoms with van der Waals surface area (Å²) in [5, 5.41) is 11.0. The molecule has 0 atom stereocenters. The third kappa shape index (κ3) is 4.39. The number of nitro benzene ring substituents is 1. The predicted molar refractivity (Wildman–Crippen MR) is 103 cm³/mol. The van der Waals surface area contributed by atoms with Gasteiger partial charge in [-0.1, -0.05) is 31.4 Å². The van der Waals surface area contributed by atoms with Gasteiger partial charge in [-0.3, -0.25) is 14.8 Å². The number of hydrogen-bond donors (Lipinski definition) is 1. The van der Waals surface area contributed by atoms with Crippen LogP contribution in [0.25, 0.3) is 0 Å². The third-order valence-electron chi connectivity index (χ3n) is 4.91. The number of sulfonamides is 1. The van der Waals surface area contributed by atoms with Crippen molar-refractivity contribution in [1.82, 2.24) is 0 Å². The van der Waals surface area contributed by atoms with Crippen molar-refractivity contribution in [1.29, 1.82) is 0 Å². The van der Waals surface area contributed by atoms with E-state index in [-0.39, 0.29) is 22.0 Å². The van der Waals surface area contributed by atoms with E-state index in [1.54, 1.807) is 12.1 Å². The van der Waals surface area contributed by atoms with Gasteiger partial charge in [-0.15, -0.1) is 0 Å². The summed E-state index contributed by atoms with van der Waals surface area (Å²) in [6.07, 6.45) is 5.94. The predicted octanol–water partition coefficient (Wildman–Crippen LogP) is 4.45. The fourth-order valence-corrected chi connectivity index (χ4v) is 4.51. The van der Waals surface area contributed by atoms with Gasteiger partial charge < -0.3 is 4.74 Å². The van der Waals surface area contributed by atoms with Gasteiger partial charge >= 0.3 is 0 Å². The van der Waals surface area contributed by atoms with Crippen LogP contribution in [0.1, 0.15) is 43.6 Å². The van der Waals surface area contributed by atoms with Crippen LogP contribution >= 0.6 is 0 Å². The second-order valence-corrected chi connectivity index (χ2v) is 8.33. The number of anilines is 1. The first kappa shape index (κ1) is 19.2. The molecular formula is C19H22N2O5S. The van der Waals surface area contributed by atoms with E-state index in [4.69, 9.17) is 4.74 Å². The van der Waals surface area contributed by atoms with Crippen LogP contribution in [0.5, 0.6) is 5.75 Å². The highest BCUT2D eigenvalue weighted by Crippen LogP contribution is 2.34.